The van der Waals surface area contributed by atoms with Gasteiger partial charge in [-0.05, 0) is 30.7 Å². The lowest BCUT2D eigenvalue weighted by Crippen LogP contribution is -2.24. The molecule has 1 amide bonds. The fourth-order valence-electron chi connectivity index (χ4n) is 2.64. The van der Waals surface area contributed by atoms with Crippen LogP contribution in [-0.4, -0.2) is 10.5 Å². The molecule has 2 aromatic carbocycles. The van der Waals surface area contributed by atoms with Crippen LogP contribution in [-0.2, 0) is 13.6 Å². The molecule has 4 heteroatoms. The lowest BCUT2D eigenvalue weighted by molar-refractivity contribution is 0.0943. The van der Waals surface area contributed by atoms with Gasteiger partial charge in [0.1, 0.15) is 11.5 Å². The summed E-state index contributed by atoms with van der Waals surface area (Å²) in [6, 6.07) is 14.4. The van der Waals surface area contributed by atoms with Crippen molar-refractivity contribution in [2.75, 3.05) is 0 Å². The van der Waals surface area contributed by atoms with E-state index in [1.807, 2.05) is 31.2 Å². The highest BCUT2D eigenvalue weighted by Gasteiger charge is 2.14. The van der Waals surface area contributed by atoms with E-state index < -0.39 is 0 Å². The van der Waals surface area contributed by atoms with Gasteiger partial charge in [0.05, 0.1) is 5.52 Å². The Hall–Kier alpha value is -2.62. The molecule has 112 valence electrons. The summed E-state index contributed by atoms with van der Waals surface area (Å²) in [5.74, 6) is -0.523. The SMILES string of the molecule is Cc1cccc(CNC(=O)c2cc3c(F)cccc3n2C)c1. The molecule has 1 heterocycles. The van der Waals surface area contributed by atoms with Crippen molar-refractivity contribution in [3.05, 3.63) is 71.2 Å². The van der Waals surface area contributed by atoms with Crippen LogP contribution in [0.4, 0.5) is 4.39 Å². The number of nitrogens with zero attached hydrogens (tertiary/aromatic N) is 1. The van der Waals surface area contributed by atoms with E-state index in [4.69, 9.17) is 0 Å². The Balaban J connectivity index is 1.83. The van der Waals surface area contributed by atoms with Crippen LogP contribution in [0.2, 0.25) is 0 Å². The van der Waals surface area contributed by atoms with Crippen LogP contribution in [0.3, 0.4) is 0 Å². The van der Waals surface area contributed by atoms with Gasteiger partial charge in [0, 0.05) is 19.0 Å². The number of aryl methyl sites for hydroxylation is 2. The van der Waals surface area contributed by atoms with Gasteiger partial charge in [-0.1, -0.05) is 35.9 Å². The monoisotopic (exact) mass is 296 g/mol. The highest BCUT2D eigenvalue weighted by molar-refractivity contribution is 5.98. The van der Waals surface area contributed by atoms with Gasteiger partial charge in [-0.3, -0.25) is 4.79 Å². The molecule has 0 aliphatic rings. The maximum atomic E-state index is 13.8. The standard InChI is InChI=1S/C18H17FN2O/c1-12-5-3-6-13(9-12)11-20-18(22)17-10-14-15(19)7-4-8-16(14)21(17)2/h3-10H,11H2,1-2H3,(H,20,22). The van der Waals surface area contributed by atoms with Crippen molar-refractivity contribution in [1.29, 1.82) is 0 Å². The first kappa shape index (κ1) is 14.3. The molecule has 0 fully saturated rings. The van der Waals surface area contributed by atoms with Crippen molar-refractivity contribution in [3.63, 3.8) is 0 Å². The molecule has 0 radical (unpaired) electrons. The van der Waals surface area contributed by atoms with Crippen molar-refractivity contribution >= 4 is 16.8 Å². The van der Waals surface area contributed by atoms with Crippen LogP contribution in [0.25, 0.3) is 10.9 Å². The zero-order valence-corrected chi connectivity index (χ0v) is 12.6. The molecule has 0 saturated heterocycles. The fraction of sp³-hybridized carbons (Fsp3) is 0.167. The summed E-state index contributed by atoms with van der Waals surface area (Å²) in [5.41, 5.74) is 3.35. The van der Waals surface area contributed by atoms with Gasteiger partial charge >= 0.3 is 0 Å². The van der Waals surface area contributed by atoms with Crippen molar-refractivity contribution in [2.24, 2.45) is 7.05 Å². The van der Waals surface area contributed by atoms with E-state index in [1.165, 1.54) is 6.07 Å². The molecule has 0 unspecified atom stereocenters. The quantitative estimate of drug-likeness (QED) is 0.788. The first-order valence-electron chi connectivity index (χ1n) is 7.14. The Morgan fingerprint density at radius 2 is 1.95 bits per heavy atom. The lowest BCUT2D eigenvalue weighted by atomic mass is 10.1. The number of carbonyl (C=O) groups excluding carboxylic acids is 1. The minimum absolute atomic E-state index is 0.209. The Bertz CT molecular complexity index is 851. The number of rotatable bonds is 3. The minimum Gasteiger partial charge on any atom is -0.347 e. The summed E-state index contributed by atoms with van der Waals surface area (Å²) in [5, 5.41) is 3.35. The van der Waals surface area contributed by atoms with Gasteiger partial charge in [-0.25, -0.2) is 4.39 Å². The van der Waals surface area contributed by atoms with E-state index >= 15 is 0 Å². The summed E-state index contributed by atoms with van der Waals surface area (Å²) in [4.78, 5) is 12.4. The van der Waals surface area contributed by atoms with Crippen molar-refractivity contribution in [1.82, 2.24) is 9.88 Å². The van der Waals surface area contributed by atoms with Gasteiger partial charge in [0.2, 0.25) is 0 Å². The first-order valence-corrected chi connectivity index (χ1v) is 7.14. The molecule has 3 rings (SSSR count). The van der Waals surface area contributed by atoms with Crippen molar-refractivity contribution in [3.8, 4) is 0 Å². The molecule has 1 aromatic heterocycles. The second kappa shape index (κ2) is 5.64. The Morgan fingerprint density at radius 1 is 1.18 bits per heavy atom. The normalized spacial score (nSPS) is 10.9. The van der Waals surface area contributed by atoms with Gasteiger partial charge in [0.25, 0.3) is 5.91 Å². The topological polar surface area (TPSA) is 34.0 Å². The second-order valence-electron chi connectivity index (χ2n) is 5.43. The molecule has 0 saturated carbocycles. The first-order chi connectivity index (χ1) is 10.6. The van der Waals surface area contributed by atoms with E-state index in [1.54, 1.807) is 29.8 Å². The number of hydrogen-bond acceptors (Lipinski definition) is 1. The van der Waals surface area contributed by atoms with Crippen molar-refractivity contribution < 1.29 is 9.18 Å². The van der Waals surface area contributed by atoms with Crippen LogP contribution < -0.4 is 5.32 Å². The molecule has 0 aliphatic carbocycles. The molecular formula is C18H17FN2O. The third-order valence-corrected chi connectivity index (χ3v) is 3.80. The van der Waals surface area contributed by atoms with Crippen LogP contribution in [0.1, 0.15) is 21.6 Å². The van der Waals surface area contributed by atoms with E-state index in [2.05, 4.69) is 5.32 Å². The molecule has 3 aromatic rings. The summed E-state index contributed by atoms with van der Waals surface area (Å²) >= 11 is 0. The molecule has 0 aliphatic heterocycles. The Kier molecular flexibility index (Phi) is 3.67. The van der Waals surface area contributed by atoms with Crippen molar-refractivity contribution in [2.45, 2.75) is 13.5 Å². The third-order valence-electron chi connectivity index (χ3n) is 3.80. The minimum atomic E-state index is -0.314. The highest BCUT2D eigenvalue weighted by Crippen LogP contribution is 2.21. The maximum Gasteiger partial charge on any atom is 0.268 e. The number of carbonyl (C=O) groups is 1. The maximum absolute atomic E-state index is 13.8. The fourth-order valence-corrected chi connectivity index (χ4v) is 2.64. The lowest BCUT2D eigenvalue weighted by Gasteiger charge is -2.07. The molecule has 3 nitrogen and oxygen atoms in total. The highest BCUT2D eigenvalue weighted by atomic mass is 19.1. The van der Waals surface area contributed by atoms with Gasteiger partial charge in [-0.2, -0.15) is 0 Å². The number of amides is 1. The molecular weight excluding hydrogens is 279 g/mol. The Labute approximate surface area is 128 Å². The number of benzene rings is 2. The number of fused-ring (bicyclic) bond motifs is 1. The number of hydrogen-bond donors (Lipinski definition) is 1. The van der Waals surface area contributed by atoms with E-state index in [0.29, 0.717) is 23.1 Å². The zero-order valence-electron chi connectivity index (χ0n) is 12.6. The van der Waals surface area contributed by atoms with Gasteiger partial charge in [-0.15, -0.1) is 0 Å². The molecule has 1 N–H and O–H groups in total. The number of halogens is 1. The van der Waals surface area contributed by atoms with Gasteiger partial charge in [0.15, 0.2) is 0 Å². The molecule has 0 atom stereocenters. The van der Waals surface area contributed by atoms with Gasteiger partial charge < -0.3 is 9.88 Å². The third kappa shape index (κ3) is 2.60. The van der Waals surface area contributed by atoms with E-state index in [0.717, 1.165) is 11.1 Å². The average molecular weight is 296 g/mol. The summed E-state index contributed by atoms with van der Waals surface area (Å²) in [7, 11) is 1.77. The van der Waals surface area contributed by atoms with E-state index in [9.17, 15) is 9.18 Å². The smallest absolute Gasteiger partial charge is 0.268 e. The van der Waals surface area contributed by atoms with Crippen LogP contribution >= 0.6 is 0 Å². The van der Waals surface area contributed by atoms with Crippen LogP contribution in [0.5, 0.6) is 0 Å². The molecule has 0 spiro atoms. The predicted molar refractivity (Wildman–Crippen MR) is 85.2 cm³/mol. The van der Waals surface area contributed by atoms with Crippen LogP contribution in [0.15, 0.2) is 48.5 Å². The Morgan fingerprint density at radius 3 is 2.68 bits per heavy atom. The predicted octanol–water partition coefficient (Wildman–Crippen LogP) is 3.56. The zero-order chi connectivity index (χ0) is 15.7. The molecule has 0 bridgehead atoms. The summed E-state index contributed by atoms with van der Waals surface area (Å²) in [6.07, 6.45) is 0. The number of aromatic nitrogens is 1. The largest absolute Gasteiger partial charge is 0.347 e. The van der Waals surface area contributed by atoms with Crippen LogP contribution in [0, 0.1) is 12.7 Å². The second-order valence-corrected chi connectivity index (χ2v) is 5.43. The molecule has 22 heavy (non-hydrogen) atoms. The van der Waals surface area contributed by atoms with E-state index in [-0.39, 0.29) is 11.7 Å². The number of nitrogens with one attached hydrogen (secondary N) is 1. The summed E-state index contributed by atoms with van der Waals surface area (Å²) in [6.45, 7) is 2.46. The average Bonchev–Trinajstić information content (AvgIpc) is 2.84. The summed E-state index contributed by atoms with van der Waals surface area (Å²) < 4.78 is 15.5.